The van der Waals surface area contributed by atoms with Gasteiger partial charge in [-0.25, -0.2) is 0 Å². The lowest BCUT2D eigenvalue weighted by molar-refractivity contribution is -0.135. The Labute approximate surface area is 128 Å². The number of amides is 2. The Balaban J connectivity index is 2.59. The lowest BCUT2D eigenvalue weighted by atomic mass is 9.96. The van der Waals surface area contributed by atoms with Gasteiger partial charge in [-0.3, -0.25) is 14.9 Å². The molecule has 1 fully saturated rings. The van der Waals surface area contributed by atoms with Gasteiger partial charge < -0.3 is 15.4 Å². The third-order valence-electron chi connectivity index (χ3n) is 3.55. The maximum absolute atomic E-state index is 12.1. The van der Waals surface area contributed by atoms with Gasteiger partial charge in [-0.1, -0.05) is 12.2 Å². The van der Waals surface area contributed by atoms with E-state index in [-0.39, 0.29) is 23.3 Å². The summed E-state index contributed by atoms with van der Waals surface area (Å²) in [6, 6.07) is 5.18. The normalized spacial score (nSPS) is 17.4. The van der Waals surface area contributed by atoms with E-state index in [1.165, 1.54) is 0 Å². The van der Waals surface area contributed by atoms with Crippen molar-refractivity contribution in [3.05, 3.63) is 23.8 Å². The zero-order valence-electron chi connectivity index (χ0n) is 12.1. The Morgan fingerprint density at radius 1 is 1.43 bits per heavy atom. The van der Waals surface area contributed by atoms with Crippen molar-refractivity contribution in [3.8, 4) is 5.75 Å². The van der Waals surface area contributed by atoms with Crippen molar-refractivity contribution in [2.75, 3.05) is 18.6 Å². The summed E-state index contributed by atoms with van der Waals surface area (Å²) in [5.41, 5.74) is 6.05. The van der Waals surface area contributed by atoms with Crippen LogP contribution in [0.1, 0.15) is 19.4 Å². The molecule has 0 saturated carbocycles. The fourth-order valence-electron chi connectivity index (χ4n) is 2.24. The number of thiocarbonyl (C=S) groups is 1. The molecule has 0 aliphatic carbocycles. The highest BCUT2D eigenvalue weighted by Gasteiger charge is 2.42. The number of carbonyl (C=O) groups excluding carboxylic acids is 2. The summed E-state index contributed by atoms with van der Waals surface area (Å²) in [5, 5.41) is 2.33. The average molecular weight is 307 g/mol. The van der Waals surface area contributed by atoms with E-state index in [1.807, 2.05) is 0 Å². The van der Waals surface area contributed by atoms with Gasteiger partial charge in [0, 0.05) is 11.6 Å². The monoisotopic (exact) mass is 307 g/mol. The maximum Gasteiger partial charge on any atom is 0.251 e. The molecular formula is C14H17N3O3S. The first-order chi connectivity index (χ1) is 9.77. The van der Waals surface area contributed by atoms with Crippen molar-refractivity contribution in [2.24, 2.45) is 5.73 Å². The average Bonchev–Trinajstić information content (AvgIpc) is 2.42. The summed E-state index contributed by atoms with van der Waals surface area (Å²) in [6.07, 6.45) is 0. The van der Waals surface area contributed by atoms with Crippen molar-refractivity contribution in [1.82, 2.24) is 5.32 Å². The van der Waals surface area contributed by atoms with Crippen LogP contribution in [0.25, 0.3) is 0 Å². The number of nitrogens with two attached hydrogens (primary N) is 1. The Morgan fingerprint density at radius 2 is 2.10 bits per heavy atom. The molecule has 2 rings (SSSR count). The SMILES string of the molecule is COc1ccc(C(N)=S)c(N2CC(=O)NC(=O)C2(C)C)c1. The van der Waals surface area contributed by atoms with Crippen LogP contribution >= 0.6 is 12.2 Å². The molecule has 0 radical (unpaired) electrons. The molecule has 2 amide bonds. The number of piperazine rings is 1. The molecule has 1 saturated heterocycles. The van der Waals surface area contributed by atoms with E-state index < -0.39 is 5.54 Å². The first kappa shape index (κ1) is 15.2. The topological polar surface area (TPSA) is 84.7 Å². The van der Waals surface area contributed by atoms with Crippen molar-refractivity contribution >= 4 is 34.7 Å². The molecule has 1 aromatic rings. The largest absolute Gasteiger partial charge is 0.497 e. The fraction of sp³-hybridized carbons (Fsp3) is 0.357. The number of hydrogen-bond acceptors (Lipinski definition) is 5. The van der Waals surface area contributed by atoms with Crippen molar-refractivity contribution in [3.63, 3.8) is 0 Å². The van der Waals surface area contributed by atoms with Gasteiger partial charge >= 0.3 is 0 Å². The molecule has 21 heavy (non-hydrogen) atoms. The zero-order chi connectivity index (χ0) is 15.8. The Hall–Kier alpha value is -2.15. The molecule has 0 unspecified atom stereocenters. The van der Waals surface area contributed by atoms with Crippen LogP contribution in [-0.4, -0.2) is 36.0 Å². The van der Waals surface area contributed by atoms with Gasteiger partial charge in [-0.15, -0.1) is 0 Å². The van der Waals surface area contributed by atoms with Crippen LogP contribution in [0.15, 0.2) is 18.2 Å². The van der Waals surface area contributed by atoms with Crippen molar-refractivity contribution in [2.45, 2.75) is 19.4 Å². The standard InChI is InChI=1S/C14H17N3O3S/c1-14(2)13(19)16-11(18)7-17(14)10-6-8(20-3)4-5-9(10)12(15)21/h4-6H,7H2,1-3H3,(H2,15,21)(H,16,18,19). The van der Waals surface area contributed by atoms with Gasteiger partial charge in [-0.2, -0.15) is 0 Å². The maximum atomic E-state index is 12.1. The molecule has 1 aromatic carbocycles. The molecule has 112 valence electrons. The molecule has 6 nitrogen and oxygen atoms in total. The number of benzene rings is 1. The van der Waals surface area contributed by atoms with Gasteiger partial charge in [-0.05, 0) is 26.0 Å². The summed E-state index contributed by atoms with van der Waals surface area (Å²) >= 11 is 5.06. The van der Waals surface area contributed by atoms with E-state index >= 15 is 0 Å². The van der Waals surface area contributed by atoms with Crippen LogP contribution < -0.4 is 20.7 Å². The smallest absolute Gasteiger partial charge is 0.251 e. The number of carbonyl (C=O) groups is 2. The Bertz CT molecular complexity index is 628. The van der Waals surface area contributed by atoms with Crippen LogP contribution in [0.3, 0.4) is 0 Å². The van der Waals surface area contributed by atoms with E-state index in [4.69, 9.17) is 22.7 Å². The molecule has 3 N–H and O–H groups in total. The van der Waals surface area contributed by atoms with Gasteiger partial charge in [0.05, 0.1) is 19.3 Å². The summed E-state index contributed by atoms with van der Waals surface area (Å²) in [5.74, 6) is -0.134. The molecule has 0 atom stereocenters. The van der Waals surface area contributed by atoms with Gasteiger partial charge in [0.2, 0.25) is 5.91 Å². The molecule has 1 heterocycles. The summed E-state index contributed by atoms with van der Waals surface area (Å²) in [4.78, 5) is 25.7. The van der Waals surface area contributed by atoms with Gasteiger partial charge in [0.1, 0.15) is 16.3 Å². The van der Waals surface area contributed by atoms with Crippen molar-refractivity contribution in [1.29, 1.82) is 0 Å². The van der Waals surface area contributed by atoms with Crippen LogP contribution in [-0.2, 0) is 9.59 Å². The van der Waals surface area contributed by atoms with Crippen LogP contribution in [0.5, 0.6) is 5.75 Å². The number of methoxy groups -OCH3 is 1. The van der Waals surface area contributed by atoms with E-state index in [9.17, 15) is 9.59 Å². The highest BCUT2D eigenvalue weighted by atomic mass is 32.1. The molecule has 0 bridgehead atoms. The minimum absolute atomic E-state index is 0.0432. The van der Waals surface area contributed by atoms with E-state index in [1.54, 1.807) is 44.1 Å². The number of nitrogens with one attached hydrogen (secondary N) is 1. The van der Waals surface area contributed by atoms with E-state index in [0.717, 1.165) is 0 Å². The summed E-state index contributed by atoms with van der Waals surface area (Å²) in [7, 11) is 1.54. The predicted molar refractivity (Wildman–Crippen MR) is 83.5 cm³/mol. The van der Waals surface area contributed by atoms with Gasteiger partial charge in [0.15, 0.2) is 0 Å². The molecule has 7 heteroatoms. The van der Waals surface area contributed by atoms with Crippen molar-refractivity contribution < 1.29 is 14.3 Å². The first-order valence-corrected chi connectivity index (χ1v) is 6.78. The molecule has 0 spiro atoms. The number of anilines is 1. The summed E-state index contributed by atoms with van der Waals surface area (Å²) in [6.45, 7) is 3.51. The van der Waals surface area contributed by atoms with Crippen LogP contribution in [0, 0.1) is 0 Å². The van der Waals surface area contributed by atoms with E-state index in [2.05, 4.69) is 5.32 Å². The molecule has 1 aliphatic rings. The number of imide groups is 1. The second kappa shape index (κ2) is 5.33. The highest BCUT2D eigenvalue weighted by Crippen LogP contribution is 2.32. The number of hydrogen-bond donors (Lipinski definition) is 2. The number of nitrogens with zero attached hydrogens (tertiary/aromatic N) is 1. The first-order valence-electron chi connectivity index (χ1n) is 6.37. The minimum atomic E-state index is -0.903. The zero-order valence-corrected chi connectivity index (χ0v) is 12.9. The lowest BCUT2D eigenvalue weighted by Gasteiger charge is -2.42. The third-order valence-corrected chi connectivity index (χ3v) is 3.77. The lowest BCUT2D eigenvalue weighted by Crippen LogP contribution is -2.64. The predicted octanol–water partition coefficient (Wildman–Crippen LogP) is 0.571. The summed E-state index contributed by atoms with van der Waals surface area (Å²) < 4.78 is 5.21. The minimum Gasteiger partial charge on any atom is -0.497 e. The molecule has 0 aromatic heterocycles. The number of ether oxygens (including phenoxy) is 1. The fourth-order valence-corrected chi connectivity index (χ4v) is 2.41. The molecule has 1 aliphatic heterocycles. The van der Waals surface area contributed by atoms with Crippen LogP contribution in [0.2, 0.25) is 0 Å². The highest BCUT2D eigenvalue weighted by molar-refractivity contribution is 7.80. The Morgan fingerprint density at radius 3 is 2.67 bits per heavy atom. The van der Waals surface area contributed by atoms with Crippen LogP contribution in [0.4, 0.5) is 5.69 Å². The second-order valence-electron chi connectivity index (χ2n) is 5.27. The third kappa shape index (κ3) is 2.69. The van der Waals surface area contributed by atoms with E-state index in [0.29, 0.717) is 17.0 Å². The van der Waals surface area contributed by atoms with Gasteiger partial charge in [0.25, 0.3) is 5.91 Å². The Kier molecular flexibility index (Phi) is 3.87. The number of rotatable bonds is 3. The second-order valence-corrected chi connectivity index (χ2v) is 5.71. The quantitative estimate of drug-likeness (QED) is 0.627. The molecular weight excluding hydrogens is 290 g/mol.